The maximum atomic E-state index is 12.7. The van der Waals surface area contributed by atoms with E-state index in [1.165, 1.54) is 10.4 Å². The number of amides is 1. The maximum Gasteiger partial charge on any atom is 0.243 e. The predicted octanol–water partition coefficient (Wildman–Crippen LogP) is 1.52. The molecule has 2 heterocycles. The topological polar surface area (TPSA) is 79.0 Å². The van der Waals surface area contributed by atoms with Crippen molar-refractivity contribution in [1.82, 2.24) is 9.21 Å². The van der Waals surface area contributed by atoms with Gasteiger partial charge in [0.15, 0.2) is 0 Å². The summed E-state index contributed by atoms with van der Waals surface area (Å²) < 4.78 is 32.5. The van der Waals surface area contributed by atoms with Crippen LogP contribution in [0.15, 0.2) is 29.2 Å². The molecule has 2 aliphatic rings. The Morgan fingerprint density at radius 1 is 1.19 bits per heavy atom. The van der Waals surface area contributed by atoms with Gasteiger partial charge in [0.1, 0.15) is 0 Å². The molecule has 2 fully saturated rings. The Bertz CT molecular complexity index is 737. The summed E-state index contributed by atoms with van der Waals surface area (Å²) in [5, 5.41) is 2.82. The molecular weight excluding hydrogens is 354 g/mol. The second kappa shape index (κ2) is 8.04. The highest BCUT2D eigenvalue weighted by atomic mass is 32.2. The van der Waals surface area contributed by atoms with Crippen molar-refractivity contribution in [2.24, 2.45) is 0 Å². The number of hydrogen-bond donors (Lipinski definition) is 1. The Morgan fingerprint density at radius 3 is 2.50 bits per heavy atom. The van der Waals surface area contributed by atoms with Gasteiger partial charge in [0.05, 0.1) is 23.6 Å². The summed E-state index contributed by atoms with van der Waals surface area (Å²) in [7, 11) is -3.48. The molecule has 2 saturated heterocycles. The highest BCUT2D eigenvalue weighted by Gasteiger charge is 2.27. The van der Waals surface area contributed by atoms with E-state index in [9.17, 15) is 13.2 Å². The van der Waals surface area contributed by atoms with Gasteiger partial charge in [-0.1, -0.05) is 6.07 Å². The van der Waals surface area contributed by atoms with Crippen LogP contribution in [0.25, 0.3) is 0 Å². The zero-order valence-corrected chi connectivity index (χ0v) is 16.2. The number of nitrogens with zero attached hydrogens (tertiary/aromatic N) is 2. The highest BCUT2D eigenvalue weighted by Crippen LogP contribution is 2.23. The molecule has 0 aliphatic carbocycles. The fourth-order valence-corrected chi connectivity index (χ4v) is 5.19. The van der Waals surface area contributed by atoms with E-state index in [1.54, 1.807) is 18.2 Å². The first-order valence-corrected chi connectivity index (χ1v) is 10.6. The van der Waals surface area contributed by atoms with Crippen molar-refractivity contribution in [2.45, 2.75) is 43.8 Å². The third-order valence-electron chi connectivity index (χ3n) is 4.68. The molecule has 0 spiro atoms. The lowest BCUT2D eigenvalue weighted by Gasteiger charge is -2.34. The van der Waals surface area contributed by atoms with Crippen LogP contribution in [0.5, 0.6) is 0 Å². The largest absolute Gasteiger partial charge is 0.373 e. The first kappa shape index (κ1) is 19.3. The summed E-state index contributed by atoms with van der Waals surface area (Å²) >= 11 is 0. The molecule has 1 amide bonds. The summed E-state index contributed by atoms with van der Waals surface area (Å²) in [6, 6.07) is 6.49. The SMILES string of the molecule is C[C@@H]1CN(CC(=O)Nc2cccc(S(=O)(=O)N3CCCC3)c2)C[C@H](C)O1. The Balaban J connectivity index is 1.64. The monoisotopic (exact) mass is 381 g/mol. The molecule has 1 aromatic carbocycles. The van der Waals surface area contributed by atoms with E-state index in [0.29, 0.717) is 31.9 Å². The molecule has 144 valence electrons. The number of hydrogen-bond acceptors (Lipinski definition) is 5. The molecule has 0 radical (unpaired) electrons. The van der Waals surface area contributed by atoms with Crippen molar-refractivity contribution in [3.63, 3.8) is 0 Å². The van der Waals surface area contributed by atoms with Gasteiger partial charge in [-0.15, -0.1) is 0 Å². The normalized spacial score (nSPS) is 25.3. The number of nitrogens with one attached hydrogen (secondary N) is 1. The molecule has 0 unspecified atom stereocenters. The molecule has 0 aromatic heterocycles. The first-order chi connectivity index (χ1) is 12.3. The Morgan fingerprint density at radius 2 is 1.85 bits per heavy atom. The lowest BCUT2D eigenvalue weighted by Crippen LogP contribution is -2.48. The maximum absolute atomic E-state index is 12.7. The minimum atomic E-state index is -3.48. The van der Waals surface area contributed by atoms with Gasteiger partial charge < -0.3 is 10.1 Å². The minimum absolute atomic E-state index is 0.0977. The molecule has 0 bridgehead atoms. The second-order valence-corrected chi connectivity index (χ2v) is 9.08. The smallest absolute Gasteiger partial charge is 0.243 e. The van der Waals surface area contributed by atoms with E-state index in [1.807, 2.05) is 13.8 Å². The summed E-state index contributed by atoms with van der Waals surface area (Å²) in [6.45, 7) is 6.79. The van der Waals surface area contributed by atoms with Crippen molar-refractivity contribution in [3.05, 3.63) is 24.3 Å². The Hall–Kier alpha value is -1.48. The zero-order chi connectivity index (χ0) is 18.7. The van der Waals surface area contributed by atoms with E-state index < -0.39 is 10.0 Å². The average molecular weight is 381 g/mol. The average Bonchev–Trinajstić information content (AvgIpc) is 3.09. The number of sulfonamides is 1. The number of anilines is 1. The van der Waals surface area contributed by atoms with Crippen LogP contribution in [-0.4, -0.2) is 68.5 Å². The first-order valence-electron chi connectivity index (χ1n) is 9.12. The molecule has 0 saturated carbocycles. The van der Waals surface area contributed by atoms with E-state index in [2.05, 4.69) is 10.2 Å². The van der Waals surface area contributed by atoms with E-state index in [0.717, 1.165) is 12.8 Å². The fraction of sp³-hybridized carbons (Fsp3) is 0.611. The summed E-state index contributed by atoms with van der Waals surface area (Å²) in [5.74, 6) is -0.151. The van der Waals surface area contributed by atoms with Gasteiger partial charge in [-0.2, -0.15) is 4.31 Å². The number of morpholine rings is 1. The number of ether oxygens (including phenoxy) is 1. The van der Waals surface area contributed by atoms with Crippen LogP contribution in [0.1, 0.15) is 26.7 Å². The quantitative estimate of drug-likeness (QED) is 0.837. The van der Waals surface area contributed by atoms with Gasteiger partial charge in [0.2, 0.25) is 15.9 Å². The lowest BCUT2D eigenvalue weighted by molar-refractivity contribution is -0.121. The molecule has 2 aliphatic heterocycles. The van der Waals surface area contributed by atoms with Crippen LogP contribution in [0.4, 0.5) is 5.69 Å². The highest BCUT2D eigenvalue weighted by molar-refractivity contribution is 7.89. The van der Waals surface area contributed by atoms with E-state index in [-0.39, 0.29) is 29.6 Å². The van der Waals surface area contributed by atoms with Crippen molar-refractivity contribution < 1.29 is 17.9 Å². The van der Waals surface area contributed by atoms with Gasteiger partial charge >= 0.3 is 0 Å². The van der Waals surface area contributed by atoms with E-state index in [4.69, 9.17) is 4.74 Å². The van der Waals surface area contributed by atoms with Gasteiger partial charge in [0.25, 0.3) is 0 Å². The van der Waals surface area contributed by atoms with Crippen molar-refractivity contribution in [3.8, 4) is 0 Å². The summed E-state index contributed by atoms with van der Waals surface area (Å²) in [5.41, 5.74) is 0.504. The summed E-state index contributed by atoms with van der Waals surface area (Å²) in [6.07, 6.45) is 1.99. The number of rotatable bonds is 5. The third kappa shape index (κ3) is 4.62. The number of carbonyl (C=O) groups excluding carboxylic acids is 1. The van der Waals surface area contributed by atoms with Gasteiger partial charge in [-0.3, -0.25) is 9.69 Å². The molecule has 8 heteroatoms. The summed E-state index contributed by atoms with van der Waals surface area (Å²) in [4.78, 5) is 14.6. The van der Waals surface area contributed by atoms with E-state index >= 15 is 0 Å². The Labute approximate surface area is 155 Å². The fourth-order valence-electron chi connectivity index (χ4n) is 3.63. The number of benzene rings is 1. The second-order valence-electron chi connectivity index (χ2n) is 7.14. The van der Waals surface area contributed by atoms with Gasteiger partial charge in [0, 0.05) is 31.9 Å². The van der Waals surface area contributed by atoms with Crippen LogP contribution in [0.2, 0.25) is 0 Å². The molecular formula is C18H27N3O4S. The zero-order valence-electron chi connectivity index (χ0n) is 15.3. The van der Waals surface area contributed by atoms with Crippen LogP contribution < -0.4 is 5.32 Å². The third-order valence-corrected chi connectivity index (χ3v) is 6.58. The van der Waals surface area contributed by atoms with Crippen LogP contribution in [-0.2, 0) is 19.6 Å². The standard InChI is InChI=1S/C18H27N3O4S/c1-14-11-20(12-15(2)25-14)13-18(22)19-16-6-5-7-17(10-16)26(23,24)21-8-3-4-9-21/h5-7,10,14-15H,3-4,8-9,11-13H2,1-2H3,(H,19,22)/t14-,15+. The molecule has 2 atom stereocenters. The predicted molar refractivity (Wildman–Crippen MR) is 99.5 cm³/mol. The van der Waals surface area contributed by atoms with Crippen molar-refractivity contribution in [2.75, 3.05) is 38.0 Å². The molecule has 3 rings (SSSR count). The Kier molecular flexibility index (Phi) is 5.96. The molecule has 26 heavy (non-hydrogen) atoms. The van der Waals surface area contributed by atoms with Crippen molar-refractivity contribution in [1.29, 1.82) is 0 Å². The van der Waals surface area contributed by atoms with Crippen LogP contribution in [0, 0.1) is 0 Å². The van der Waals surface area contributed by atoms with Gasteiger partial charge in [-0.25, -0.2) is 8.42 Å². The lowest BCUT2D eigenvalue weighted by atomic mass is 10.2. The van der Waals surface area contributed by atoms with Gasteiger partial charge in [-0.05, 0) is 44.9 Å². The minimum Gasteiger partial charge on any atom is -0.373 e. The molecule has 7 nitrogen and oxygen atoms in total. The van der Waals surface area contributed by atoms with Crippen LogP contribution >= 0.6 is 0 Å². The van der Waals surface area contributed by atoms with Crippen LogP contribution in [0.3, 0.4) is 0 Å². The number of carbonyl (C=O) groups is 1. The molecule has 1 aromatic rings. The molecule has 1 N–H and O–H groups in total. The van der Waals surface area contributed by atoms with Crippen molar-refractivity contribution >= 4 is 21.6 Å².